The van der Waals surface area contributed by atoms with E-state index >= 15 is 0 Å². The molecule has 0 saturated carbocycles. The summed E-state index contributed by atoms with van der Waals surface area (Å²) < 4.78 is 25.5. The molecule has 0 fully saturated rings. The van der Waals surface area contributed by atoms with Gasteiger partial charge in [0.1, 0.15) is 0 Å². The molecule has 1 aliphatic carbocycles. The van der Waals surface area contributed by atoms with Crippen LogP contribution < -0.4 is 0 Å². The van der Waals surface area contributed by atoms with Gasteiger partial charge in [-0.3, -0.25) is 0 Å². The molecule has 0 saturated heterocycles. The van der Waals surface area contributed by atoms with Crippen molar-refractivity contribution in [3.8, 4) is 0 Å². The zero-order valence-electron chi connectivity index (χ0n) is 11.7. The zero-order valence-corrected chi connectivity index (χ0v) is 12.5. The molecule has 1 N–H and O–H groups in total. The molecule has 19 heavy (non-hydrogen) atoms. The Kier molecular flexibility index (Phi) is 4.36. The average Bonchev–Trinajstić information content (AvgIpc) is 2.68. The van der Waals surface area contributed by atoms with Crippen LogP contribution in [0.1, 0.15) is 50.3 Å². The lowest BCUT2D eigenvalue weighted by Crippen LogP contribution is -2.20. The first-order chi connectivity index (χ1) is 8.90. The Morgan fingerprint density at radius 1 is 1.37 bits per heavy atom. The van der Waals surface area contributed by atoms with Gasteiger partial charge in [0.2, 0.25) is 0 Å². The average molecular weight is 285 g/mol. The Labute approximate surface area is 115 Å². The van der Waals surface area contributed by atoms with Gasteiger partial charge < -0.3 is 9.67 Å². The van der Waals surface area contributed by atoms with E-state index in [0.29, 0.717) is 6.54 Å². The number of aliphatic hydroxyl groups excluding tert-OH is 1. The second-order valence-corrected chi connectivity index (χ2v) is 8.33. The standard InChI is InChI=1S/C14H23NO3S/c1-11(2)19(17,18)8-7-15-9-12-5-3-4-6-14(16)13(12)10-15/h9-11,14,16H,3-8H2,1-2H3. The summed E-state index contributed by atoms with van der Waals surface area (Å²) >= 11 is 0. The highest BCUT2D eigenvalue weighted by atomic mass is 32.2. The van der Waals surface area contributed by atoms with E-state index in [-0.39, 0.29) is 17.1 Å². The number of aliphatic hydroxyl groups is 1. The van der Waals surface area contributed by atoms with Gasteiger partial charge in [0.05, 0.1) is 17.1 Å². The van der Waals surface area contributed by atoms with Crippen LogP contribution in [0.5, 0.6) is 0 Å². The van der Waals surface area contributed by atoms with E-state index < -0.39 is 9.84 Å². The highest BCUT2D eigenvalue weighted by Crippen LogP contribution is 2.29. The lowest BCUT2D eigenvalue weighted by molar-refractivity contribution is 0.166. The van der Waals surface area contributed by atoms with Crippen molar-refractivity contribution in [2.24, 2.45) is 0 Å². The maximum atomic E-state index is 11.8. The lowest BCUT2D eigenvalue weighted by Gasteiger charge is -2.09. The van der Waals surface area contributed by atoms with E-state index in [9.17, 15) is 13.5 Å². The molecular weight excluding hydrogens is 262 g/mol. The maximum Gasteiger partial charge on any atom is 0.154 e. The molecule has 0 bridgehead atoms. The molecule has 2 rings (SSSR count). The van der Waals surface area contributed by atoms with Crippen LogP contribution in [-0.2, 0) is 22.8 Å². The fraction of sp³-hybridized carbons (Fsp3) is 0.714. The van der Waals surface area contributed by atoms with Crippen LogP contribution in [0.4, 0.5) is 0 Å². The first-order valence-electron chi connectivity index (χ1n) is 6.98. The number of fused-ring (bicyclic) bond motifs is 1. The quantitative estimate of drug-likeness (QED) is 0.862. The molecule has 1 unspecified atom stereocenters. The van der Waals surface area contributed by atoms with Crippen LogP contribution in [0, 0.1) is 0 Å². The summed E-state index contributed by atoms with van der Waals surface area (Å²) in [5, 5.41) is 9.71. The maximum absolute atomic E-state index is 11.8. The molecule has 5 heteroatoms. The minimum Gasteiger partial charge on any atom is -0.388 e. The van der Waals surface area contributed by atoms with Crippen LogP contribution in [-0.4, -0.2) is 29.1 Å². The molecule has 0 amide bonds. The second-order valence-electron chi connectivity index (χ2n) is 5.65. The molecule has 1 aromatic heterocycles. The van der Waals surface area contributed by atoms with Crippen molar-refractivity contribution in [1.29, 1.82) is 0 Å². The molecule has 4 nitrogen and oxygen atoms in total. The van der Waals surface area contributed by atoms with Crippen molar-refractivity contribution in [3.63, 3.8) is 0 Å². The van der Waals surface area contributed by atoms with Crippen molar-refractivity contribution in [1.82, 2.24) is 4.57 Å². The Morgan fingerprint density at radius 2 is 2.11 bits per heavy atom. The normalized spacial score (nSPS) is 20.3. The molecule has 1 aromatic rings. The summed E-state index contributed by atoms with van der Waals surface area (Å²) in [6, 6.07) is 0. The summed E-state index contributed by atoms with van der Waals surface area (Å²) in [5.74, 6) is 0.161. The van der Waals surface area contributed by atoms with Crippen molar-refractivity contribution < 1.29 is 13.5 Å². The van der Waals surface area contributed by atoms with E-state index in [0.717, 1.165) is 31.2 Å². The minimum atomic E-state index is -3.00. The molecule has 0 aromatic carbocycles. The summed E-state index contributed by atoms with van der Waals surface area (Å²) in [6.07, 6.45) is 7.47. The van der Waals surface area contributed by atoms with E-state index in [1.54, 1.807) is 13.8 Å². The number of aryl methyl sites for hydroxylation is 2. The van der Waals surface area contributed by atoms with Crippen molar-refractivity contribution in [2.75, 3.05) is 5.75 Å². The molecular formula is C14H23NO3S. The third kappa shape index (κ3) is 3.39. The molecule has 1 atom stereocenters. The smallest absolute Gasteiger partial charge is 0.154 e. The number of hydrogen-bond acceptors (Lipinski definition) is 3. The highest BCUT2D eigenvalue weighted by molar-refractivity contribution is 7.91. The Balaban J connectivity index is 2.09. The van der Waals surface area contributed by atoms with E-state index in [1.165, 1.54) is 5.56 Å². The molecule has 1 heterocycles. The second kappa shape index (κ2) is 5.67. The molecule has 0 spiro atoms. The summed E-state index contributed by atoms with van der Waals surface area (Å²) in [5.41, 5.74) is 2.16. The van der Waals surface area contributed by atoms with Crippen LogP contribution in [0.3, 0.4) is 0 Å². The first-order valence-corrected chi connectivity index (χ1v) is 8.70. The van der Waals surface area contributed by atoms with Gasteiger partial charge in [-0.25, -0.2) is 8.42 Å². The monoisotopic (exact) mass is 285 g/mol. The van der Waals surface area contributed by atoms with Crippen molar-refractivity contribution in [3.05, 3.63) is 23.5 Å². The molecule has 108 valence electrons. The van der Waals surface area contributed by atoms with Crippen LogP contribution in [0.15, 0.2) is 12.4 Å². The number of aromatic nitrogens is 1. The Bertz CT molecular complexity index is 531. The van der Waals surface area contributed by atoms with Crippen LogP contribution in [0.2, 0.25) is 0 Å². The Hall–Kier alpha value is -0.810. The zero-order chi connectivity index (χ0) is 14.0. The van der Waals surface area contributed by atoms with Gasteiger partial charge in [-0.2, -0.15) is 0 Å². The number of sulfone groups is 1. The highest BCUT2D eigenvalue weighted by Gasteiger charge is 2.20. The Morgan fingerprint density at radius 3 is 2.79 bits per heavy atom. The molecule has 0 radical (unpaired) electrons. The summed E-state index contributed by atoms with van der Waals surface area (Å²) in [4.78, 5) is 0. The molecule has 1 aliphatic rings. The minimum absolute atomic E-state index is 0.161. The summed E-state index contributed by atoms with van der Waals surface area (Å²) in [7, 11) is -3.00. The lowest BCUT2D eigenvalue weighted by atomic mass is 10.1. The van der Waals surface area contributed by atoms with E-state index in [1.807, 2.05) is 17.0 Å². The number of rotatable bonds is 4. The van der Waals surface area contributed by atoms with E-state index in [2.05, 4.69) is 0 Å². The van der Waals surface area contributed by atoms with Gasteiger partial charge in [-0.15, -0.1) is 0 Å². The first kappa shape index (κ1) is 14.6. The number of hydrogen-bond donors (Lipinski definition) is 1. The van der Waals surface area contributed by atoms with Gasteiger partial charge in [0.25, 0.3) is 0 Å². The number of nitrogens with zero attached hydrogens (tertiary/aromatic N) is 1. The van der Waals surface area contributed by atoms with Crippen molar-refractivity contribution >= 4 is 9.84 Å². The van der Waals surface area contributed by atoms with Crippen LogP contribution in [0.25, 0.3) is 0 Å². The summed E-state index contributed by atoms with van der Waals surface area (Å²) in [6.45, 7) is 3.90. The van der Waals surface area contributed by atoms with E-state index in [4.69, 9.17) is 0 Å². The SMILES string of the molecule is CC(C)S(=O)(=O)CCn1cc2c(c1)C(O)CCCC2. The fourth-order valence-electron chi connectivity index (χ4n) is 2.49. The molecule has 0 aliphatic heterocycles. The van der Waals surface area contributed by atoms with Gasteiger partial charge in [0.15, 0.2) is 9.84 Å². The van der Waals surface area contributed by atoms with Crippen LogP contribution >= 0.6 is 0 Å². The predicted octanol–water partition coefficient (Wildman–Crippen LogP) is 2.07. The van der Waals surface area contributed by atoms with Gasteiger partial charge in [0, 0.05) is 24.5 Å². The van der Waals surface area contributed by atoms with Gasteiger partial charge in [-0.1, -0.05) is 6.42 Å². The van der Waals surface area contributed by atoms with Crippen molar-refractivity contribution in [2.45, 2.75) is 57.4 Å². The predicted molar refractivity (Wildman–Crippen MR) is 75.9 cm³/mol. The third-order valence-electron chi connectivity index (χ3n) is 3.88. The van der Waals surface area contributed by atoms with Gasteiger partial charge >= 0.3 is 0 Å². The fourth-order valence-corrected chi connectivity index (χ4v) is 3.43. The van der Waals surface area contributed by atoms with Gasteiger partial charge in [-0.05, 0) is 38.7 Å². The third-order valence-corrected chi connectivity index (χ3v) is 6.07. The topological polar surface area (TPSA) is 59.3 Å². The largest absolute Gasteiger partial charge is 0.388 e.